The van der Waals surface area contributed by atoms with E-state index in [4.69, 9.17) is 0 Å². The van der Waals surface area contributed by atoms with Crippen LogP contribution in [0.1, 0.15) is 5.56 Å². The lowest BCUT2D eigenvalue weighted by molar-refractivity contribution is 1.51. The van der Waals surface area contributed by atoms with Crippen LogP contribution in [0.4, 0.5) is 0 Å². The van der Waals surface area contributed by atoms with Gasteiger partial charge < -0.3 is 0 Å². The fraction of sp³-hybridized carbons (Fsp3) is 0.0233. The molecular weight excluding hydrogens is 516 g/mol. The normalized spacial score (nSPS) is 11.4. The molecule has 0 aromatic heterocycles. The first kappa shape index (κ1) is 25.3. The van der Waals surface area contributed by atoms with E-state index in [1.807, 2.05) is 0 Å². The minimum atomic E-state index is 1.22. The average molecular weight is 547 g/mol. The van der Waals surface area contributed by atoms with Crippen LogP contribution in [0.25, 0.3) is 76.8 Å². The van der Waals surface area contributed by atoms with Crippen molar-refractivity contribution >= 4 is 32.3 Å². The molecule has 0 amide bonds. The summed E-state index contributed by atoms with van der Waals surface area (Å²) in [6, 6.07) is 59.9. The third-order valence-electron chi connectivity index (χ3n) is 8.69. The molecule has 0 spiro atoms. The molecule has 43 heavy (non-hydrogen) atoms. The Morgan fingerprint density at radius 3 is 1.56 bits per heavy atom. The molecule has 0 bridgehead atoms. The van der Waals surface area contributed by atoms with Gasteiger partial charge in [0.25, 0.3) is 0 Å². The van der Waals surface area contributed by atoms with Crippen LogP contribution >= 0.6 is 0 Å². The summed E-state index contributed by atoms with van der Waals surface area (Å²) in [6.45, 7) is 2.19. The second-order valence-corrected chi connectivity index (χ2v) is 11.4. The van der Waals surface area contributed by atoms with Crippen LogP contribution < -0.4 is 0 Å². The zero-order chi connectivity index (χ0) is 28.8. The van der Waals surface area contributed by atoms with Gasteiger partial charge in [-0.05, 0) is 95.9 Å². The van der Waals surface area contributed by atoms with Crippen molar-refractivity contribution in [1.82, 2.24) is 0 Å². The molecule has 0 nitrogen and oxygen atoms in total. The van der Waals surface area contributed by atoms with Gasteiger partial charge in [0.05, 0.1) is 0 Å². The summed E-state index contributed by atoms with van der Waals surface area (Å²) in [5, 5.41) is 7.67. The van der Waals surface area contributed by atoms with Crippen molar-refractivity contribution in [2.45, 2.75) is 6.92 Å². The Balaban J connectivity index is 1.31. The van der Waals surface area contributed by atoms with Gasteiger partial charge in [0.2, 0.25) is 0 Å². The van der Waals surface area contributed by atoms with Crippen LogP contribution in [0.5, 0.6) is 0 Å². The molecule has 8 rings (SSSR count). The van der Waals surface area contributed by atoms with Gasteiger partial charge in [0, 0.05) is 0 Å². The molecular formula is C43H30. The quantitative estimate of drug-likeness (QED) is 0.193. The van der Waals surface area contributed by atoms with Gasteiger partial charge in [-0.2, -0.15) is 0 Å². The van der Waals surface area contributed by atoms with Crippen molar-refractivity contribution in [1.29, 1.82) is 0 Å². The molecule has 0 N–H and O–H groups in total. The van der Waals surface area contributed by atoms with E-state index in [0.717, 1.165) is 0 Å². The lowest BCUT2D eigenvalue weighted by atomic mass is 9.85. The predicted molar refractivity (Wildman–Crippen MR) is 185 cm³/mol. The monoisotopic (exact) mass is 546 g/mol. The lowest BCUT2D eigenvalue weighted by Gasteiger charge is -2.19. The second-order valence-electron chi connectivity index (χ2n) is 11.4. The standard InChI is InChI=1S/C43H30/c1-29-18-25-40-41(26-29)43(37-24-21-31-12-5-6-13-34(31)28-37)39-17-8-7-16-38(39)42(40)33-22-19-32(20-23-33)36-15-9-14-35(27-36)30-10-3-2-4-11-30/h2-28H,1H3. The zero-order valence-corrected chi connectivity index (χ0v) is 24.1. The molecule has 0 aliphatic carbocycles. The minimum Gasteiger partial charge on any atom is -0.0622 e. The molecule has 0 saturated heterocycles. The van der Waals surface area contributed by atoms with Gasteiger partial charge in [-0.15, -0.1) is 0 Å². The van der Waals surface area contributed by atoms with E-state index in [9.17, 15) is 0 Å². The number of fused-ring (bicyclic) bond motifs is 3. The van der Waals surface area contributed by atoms with Crippen molar-refractivity contribution in [2.24, 2.45) is 0 Å². The molecule has 0 radical (unpaired) electrons. The van der Waals surface area contributed by atoms with Gasteiger partial charge >= 0.3 is 0 Å². The Kier molecular flexibility index (Phi) is 6.12. The minimum absolute atomic E-state index is 1.22. The van der Waals surface area contributed by atoms with E-state index in [2.05, 4.69) is 171 Å². The first-order chi connectivity index (χ1) is 21.2. The number of benzene rings is 8. The molecule has 202 valence electrons. The summed E-state index contributed by atoms with van der Waals surface area (Å²) in [6.07, 6.45) is 0. The van der Waals surface area contributed by atoms with E-state index in [-0.39, 0.29) is 0 Å². The summed E-state index contributed by atoms with van der Waals surface area (Å²) >= 11 is 0. The van der Waals surface area contributed by atoms with Gasteiger partial charge in [-0.25, -0.2) is 0 Å². The van der Waals surface area contributed by atoms with Crippen LogP contribution in [0.2, 0.25) is 0 Å². The Hall–Kier alpha value is -5.46. The Morgan fingerprint density at radius 1 is 0.279 bits per heavy atom. The molecule has 0 unspecified atom stereocenters. The Labute approximate surface area is 252 Å². The maximum absolute atomic E-state index is 2.36. The Morgan fingerprint density at radius 2 is 0.814 bits per heavy atom. The summed E-state index contributed by atoms with van der Waals surface area (Å²) in [7, 11) is 0. The molecule has 8 aromatic carbocycles. The fourth-order valence-electron chi connectivity index (χ4n) is 6.60. The smallest absolute Gasteiger partial charge is 0.00261 e. The van der Waals surface area contributed by atoms with E-state index in [0.29, 0.717) is 0 Å². The summed E-state index contributed by atoms with van der Waals surface area (Å²) in [5.41, 5.74) is 11.3. The largest absolute Gasteiger partial charge is 0.0622 e. The van der Waals surface area contributed by atoms with Crippen molar-refractivity contribution in [3.05, 3.63) is 169 Å². The molecule has 0 fully saturated rings. The van der Waals surface area contributed by atoms with Crippen LogP contribution in [0.15, 0.2) is 164 Å². The number of hydrogen-bond acceptors (Lipinski definition) is 0. The Bertz CT molecular complexity index is 2270. The van der Waals surface area contributed by atoms with Gasteiger partial charge in [-0.1, -0.05) is 157 Å². The molecule has 0 aliphatic heterocycles. The van der Waals surface area contributed by atoms with Gasteiger partial charge in [-0.3, -0.25) is 0 Å². The van der Waals surface area contributed by atoms with Crippen molar-refractivity contribution < 1.29 is 0 Å². The zero-order valence-electron chi connectivity index (χ0n) is 24.1. The average Bonchev–Trinajstić information content (AvgIpc) is 3.07. The maximum atomic E-state index is 2.36. The van der Waals surface area contributed by atoms with Crippen molar-refractivity contribution in [2.75, 3.05) is 0 Å². The van der Waals surface area contributed by atoms with Crippen LogP contribution in [0.3, 0.4) is 0 Å². The highest BCUT2D eigenvalue weighted by Gasteiger charge is 2.17. The third-order valence-corrected chi connectivity index (χ3v) is 8.69. The SMILES string of the molecule is Cc1ccc2c(-c3ccc(-c4cccc(-c5ccccc5)c4)cc3)c3ccccc3c(-c3ccc4ccccc4c3)c2c1. The molecule has 0 atom stereocenters. The number of rotatable bonds is 4. The van der Waals surface area contributed by atoms with Gasteiger partial charge in [0.1, 0.15) is 0 Å². The summed E-state index contributed by atoms with van der Waals surface area (Å²) in [4.78, 5) is 0. The summed E-state index contributed by atoms with van der Waals surface area (Å²) in [5.74, 6) is 0. The van der Waals surface area contributed by atoms with Crippen LogP contribution in [-0.4, -0.2) is 0 Å². The molecule has 0 heterocycles. The van der Waals surface area contributed by atoms with Crippen LogP contribution in [0, 0.1) is 6.92 Å². The van der Waals surface area contributed by atoms with E-state index < -0.39 is 0 Å². The highest BCUT2D eigenvalue weighted by atomic mass is 14.2. The summed E-state index contributed by atoms with van der Waals surface area (Å²) < 4.78 is 0. The number of aryl methyl sites for hydroxylation is 1. The van der Waals surface area contributed by atoms with Crippen molar-refractivity contribution in [3.63, 3.8) is 0 Å². The molecule has 8 aromatic rings. The van der Waals surface area contributed by atoms with E-state index in [1.165, 1.54) is 82.4 Å². The molecule has 0 heteroatoms. The predicted octanol–water partition coefficient (Wildman–Crippen LogP) is 12.1. The van der Waals surface area contributed by atoms with Crippen molar-refractivity contribution in [3.8, 4) is 44.5 Å². The molecule has 0 saturated carbocycles. The highest BCUT2D eigenvalue weighted by Crippen LogP contribution is 2.44. The topological polar surface area (TPSA) is 0 Å². The third kappa shape index (κ3) is 4.49. The first-order valence-electron chi connectivity index (χ1n) is 14.9. The number of hydrogen-bond donors (Lipinski definition) is 0. The first-order valence-corrected chi connectivity index (χ1v) is 14.9. The molecule has 0 aliphatic rings. The highest BCUT2D eigenvalue weighted by molar-refractivity contribution is 6.21. The lowest BCUT2D eigenvalue weighted by Crippen LogP contribution is -1.92. The van der Waals surface area contributed by atoms with E-state index in [1.54, 1.807) is 0 Å². The van der Waals surface area contributed by atoms with E-state index >= 15 is 0 Å². The van der Waals surface area contributed by atoms with Gasteiger partial charge in [0.15, 0.2) is 0 Å². The fourth-order valence-corrected chi connectivity index (χ4v) is 6.60. The second kappa shape index (κ2) is 10.4. The van der Waals surface area contributed by atoms with Crippen LogP contribution in [-0.2, 0) is 0 Å². The maximum Gasteiger partial charge on any atom is -0.00261 e.